The van der Waals surface area contributed by atoms with E-state index in [1.165, 1.54) is 24.5 Å². The summed E-state index contributed by atoms with van der Waals surface area (Å²) < 4.78 is 5.02. The zero-order chi connectivity index (χ0) is 18.5. The fraction of sp³-hybridized carbons (Fsp3) is 0.500. The van der Waals surface area contributed by atoms with Crippen LogP contribution in [0.1, 0.15) is 12.7 Å². The van der Waals surface area contributed by atoms with Crippen molar-refractivity contribution >= 4 is 34.1 Å². The van der Waals surface area contributed by atoms with Crippen molar-refractivity contribution < 1.29 is 14.6 Å². The van der Waals surface area contributed by atoms with E-state index < -0.39 is 0 Å². The maximum atomic E-state index is 11.0. The molecule has 2 aromatic heterocycles. The Bertz CT molecular complexity index is 760. The minimum Gasteiger partial charge on any atom is -0.414 e. The van der Waals surface area contributed by atoms with Crippen molar-refractivity contribution in [1.29, 1.82) is 0 Å². The Morgan fingerprint density at radius 1 is 1.35 bits per heavy atom. The summed E-state index contributed by atoms with van der Waals surface area (Å²) in [5.41, 5.74) is 0. The normalized spacial score (nSPS) is 15.1. The van der Waals surface area contributed by atoms with E-state index in [4.69, 9.17) is 9.84 Å². The molecule has 3 rings (SSSR count). The van der Waals surface area contributed by atoms with Crippen molar-refractivity contribution in [3.05, 3.63) is 18.1 Å². The molecular weight excluding hydrogens is 356 g/mol. The zero-order valence-electron chi connectivity index (χ0n) is 14.8. The van der Waals surface area contributed by atoms with Crippen LogP contribution in [0.4, 0.5) is 16.8 Å². The van der Waals surface area contributed by atoms with Crippen molar-refractivity contribution in [2.45, 2.75) is 13.8 Å². The molecule has 0 aromatic carbocycles. The summed E-state index contributed by atoms with van der Waals surface area (Å²) in [5.74, 6) is 1.80. The molecule has 0 aliphatic carbocycles. The van der Waals surface area contributed by atoms with Crippen molar-refractivity contribution in [3.63, 3.8) is 0 Å². The number of nitrogens with zero attached hydrogens (tertiary/aromatic N) is 5. The number of rotatable bonds is 6. The SMILES string of the molecule is CC(=O)Oc1cnc(Nc2cc(N3CCN(CCO)CC3)nc(C)n2)s1. The van der Waals surface area contributed by atoms with Crippen molar-refractivity contribution in [2.75, 3.05) is 49.5 Å². The summed E-state index contributed by atoms with van der Waals surface area (Å²) in [6.45, 7) is 7.58. The number of aliphatic hydroxyl groups is 1. The van der Waals surface area contributed by atoms with Gasteiger partial charge in [0.15, 0.2) is 5.13 Å². The van der Waals surface area contributed by atoms with Gasteiger partial charge in [0.25, 0.3) is 0 Å². The fourth-order valence-electron chi connectivity index (χ4n) is 2.74. The van der Waals surface area contributed by atoms with E-state index in [0.717, 1.165) is 32.0 Å². The quantitative estimate of drug-likeness (QED) is 0.713. The highest BCUT2D eigenvalue weighted by atomic mass is 32.1. The first-order valence-electron chi connectivity index (χ1n) is 8.38. The van der Waals surface area contributed by atoms with Crippen LogP contribution < -0.4 is 15.0 Å². The molecule has 0 radical (unpaired) electrons. The zero-order valence-corrected chi connectivity index (χ0v) is 15.6. The molecule has 1 saturated heterocycles. The smallest absolute Gasteiger partial charge is 0.308 e. The van der Waals surface area contributed by atoms with Crippen LogP contribution >= 0.6 is 11.3 Å². The molecule has 0 saturated carbocycles. The Labute approximate surface area is 155 Å². The van der Waals surface area contributed by atoms with Crippen LogP contribution in [0.3, 0.4) is 0 Å². The van der Waals surface area contributed by atoms with E-state index in [2.05, 4.69) is 30.1 Å². The van der Waals surface area contributed by atoms with Crippen LogP contribution in [-0.2, 0) is 4.79 Å². The van der Waals surface area contributed by atoms with E-state index in [-0.39, 0.29) is 12.6 Å². The molecule has 0 spiro atoms. The number of aliphatic hydroxyl groups excluding tert-OH is 1. The number of esters is 1. The second kappa shape index (κ2) is 8.39. The summed E-state index contributed by atoms with van der Waals surface area (Å²) in [4.78, 5) is 28.6. The summed E-state index contributed by atoms with van der Waals surface area (Å²) in [7, 11) is 0. The number of anilines is 3. The van der Waals surface area contributed by atoms with Gasteiger partial charge in [-0.3, -0.25) is 9.69 Å². The number of aromatic nitrogens is 3. The van der Waals surface area contributed by atoms with E-state index in [1.807, 2.05) is 13.0 Å². The van der Waals surface area contributed by atoms with Crippen LogP contribution in [-0.4, -0.2) is 70.3 Å². The number of ether oxygens (including phenoxy) is 1. The Morgan fingerprint density at radius 2 is 2.12 bits per heavy atom. The molecule has 0 atom stereocenters. The lowest BCUT2D eigenvalue weighted by atomic mass is 10.3. The van der Waals surface area contributed by atoms with Gasteiger partial charge in [-0.2, -0.15) is 0 Å². The topological polar surface area (TPSA) is 104 Å². The predicted molar refractivity (Wildman–Crippen MR) is 99.2 cm³/mol. The largest absolute Gasteiger partial charge is 0.414 e. The average Bonchev–Trinajstić information content (AvgIpc) is 3.01. The molecule has 2 aromatic rings. The molecule has 1 aliphatic heterocycles. The van der Waals surface area contributed by atoms with Crippen LogP contribution in [0.15, 0.2) is 12.3 Å². The summed E-state index contributed by atoms with van der Waals surface area (Å²) in [6, 6.07) is 1.89. The number of thiazole rings is 1. The Hall–Kier alpha value is -2.30. The number of aryl methyl sites for hydroxylation is 1. The third-order valence-electron chi connectivity index (χ3n) is 3.90. The van der Waals surface area contributed by atoms with Gasteiger partial charge >= 0.3 is 5.97 Å². The molecule has 2 N–H and O–H groups in total. The molecule has 0 unspecified atom stereocenters. The lowest BCUT2D eigenvalue weighted by molar-refractivity contribution is -0.131. The van der Waals surface area contributed by atoms with Gasteiger partial charge < -0.3 is 20.1 Å². The molecule has 0 amide bonds. The monoisotopic (exact) mass is 378 g/mol. The first-order valence-corrected chi connectivity index (χ1v) is 9.20. The fourth-order valence-corrected chi connectivity index (χ4v) is 3.45. The molecule has 0 bridgehead atoms. The Kier molecular flexibility index (Phi) is 5.96. The van der Waals surface area contributed by atoms with Gasteiger partial charge in [0, 0.05) is 45.7 Å². The number of nitrogens with one attached hydrogen (secondary N) is 1. The van der Waals surface area contributed by atoms with Gasteiger partial charge in [-0.25, -0.2) is 15.0 Å². The van der Waals surface area contributed by atoms with E-state index in [0.29, 0.717) is 28.4 Å². The summed E-state index contributed by atoms with van der Waals surface area (Å²) in [6.07, 6.45) is 1.50. The van der Waals surface area contributed by atoms with Gasteiger partial charge in [0.1, 0.15) is 17.5 Å². The van der Waals surface area contributed by atoms with Crippen LogP contribution in [0, 0.1) is 6.92 Å². The molecule has 26 heavy (non-hydrogen) atoms. The minimum atomic E-state index is -0.374. The third kappa shape index (κ3) is 4.87. The van der Waals surface area contributed by atoms with E-state index in [9.17, 15) is 4.79 Å². The first-order chi connectivity index (χ1) is 12.5. The van der Waals surface area contributed by atoms with Crippen molar-refractivity contribution in [2.24, 2.45) is 0 Å². The van der Waals surface area contributed by atoms with Crippen LogP contribution in [0.5, 0.6) is 5.06 Å². The lowest BCUT2D eigenvalue weighted by Gasteiger charge is -2.35. The molecular formula is C16H22N6O3S. The van der Waals surface area contributed by atoms with Crippen molar-refractivity contribution in [3.8, 4) is 5.06 Å². The number of carbonyl (C=O) groups excluding carboxylic acids is 1. The highest BCUT2D eigenvalue weighted by molar-refractivity contribution is 7.17. The molecule has 10 heteroatoms. The summed E-state index contributed by atoms with van der Waals surface area (Å²) >= 11 is 1.24. The van der Waals surface area contributed by atoms with Gasteiger partial charge in [0.2, 0.25) is 5.06 Å². The average molecular weight is 378 g/mol. The number of hydrogen-bond donors (Lipinski definition) is 2. The summed E-state index contributed by atoms with van der Waals surface area (Å²) in [5, 5.41) is 13.2. The van der Waals surface area contributed by atoms with Gasteiger partial charge in [0.05, 0.1) is 12.8 Å². The van der Waals surface area contributed by atoms with E-state index >= 15 is 0 Å². The van der Waals surface area contributed by atoms with Gasteiger partial charge in [-0.15, -0.1) is 0 Å². The highest BCUT2D eigenvalue weighted by Gasteiger charge is 2.18. The Morgan fingerprint density at radius 3 is 2.81 bits per heavy atom. The number of piperazine rings is 1. The number of β-amino-alcohol motifs (C(OH)–C–C–N with tert-alkyl or cyclic N) is 1. The number of carbonyl (C=O) groups is 1. The first kappa shape index (κ1) is 18.5. The standard InChI is InChI=1S/C16H22N6O3S/c1-11-18-13(20-16-17-10-15(26-16)25-12(2)24)9-14(19-11)22-5-3-21(4-6-22)7-8-23/h9-10,23H,3-8H2,1-2H3,(H,17,18,19,20). The highest BCUT2D eigenvalue weighted by Crippen LogP contribution is 2.28. The van der Waals surface area contributed by atoms with Crippen LogP contribution in [0.25, 0.3) is 0 Å². The Balaban J connectivity index is 1.68. The molecule has 3 heterocycles. The maximum Gasteiger partial charge on any atom is 0.308 e. The van der Waals surface area contributed by atoms with Crippen LogP contribution in [0.2, 0.25) is 0 Å². The van der Waals surface area contributed by atoms with E-state index in [1.54, 1.807) is 0 Å². The van der Waals surface area contributed by atoms with Gasteiger partial charge in [-0.1, -0.05) is 11.3 Å². The molecule has 1 aliphatic rings. The lowest BCUT2D eigenvalue weighted by Crippen LogP contribution is -2.47. The molecule has 9 nitrogen and oxygen atoms in total. The van der Waals surface area contributed by atoms with Crippen molar-refractivity contribution in [1.82, 2.24) is 19.9 Å². The predicted octanol–water partition coefficient (Wildman–Crippen LogP) is 1.02. The third-order valence-corrected chi connectivity index (χ3v) is 4.69. The molecule has 140 valence electrons. The second-order valence-electron chi connectivity index (χ2n) is 5.91. The molecule has 1 fully saturated rings. The number of hydrogen-bond acceptors (Lipinski definition) is 10. The maximum absolute atomic E-state index is 11.0. The minimum absolute atomic E-state index is 0.184. The van der Waals surface area contributed by atoms with Gasteiger partial charge in [-0.05, 0) is 6.92 Å². The second-order valence-corrected chi connectivity index (χ2v) is 6.91.